The number of nitrogens with two attached hydrogens (primary N) is 1. The highest BCUT2D eigenvalue weighted by atomic mass is 16.4. The third kappa shape index (κ3) is 2.40. The van der Waals surface area contributed by atoms with Crippen molar-refractivity contribution in [2.45, 2.75) is 24.9 Å². The number of hydrogen-bond donors (Lipinski definition) is 3. The number of rotatable bonds is 2. The van der Waals surface area contributed by atoms with Crippen LogP contribution in [0.25, 0.3) is 0 Å². The molecule has 1 aliphatic rings. The minimum Gasteiger partial charge on any atom is -0.478 e. The van der Waals surface area contributed by atoms with Gasteiger partial charge in [-0.1, -0.05) is 12.1 Å². The lowest BCUT2D eigenvalue weighted by Gasteiger charge is -2.28. The fraction of sp³-hybridized carbons (Fsp3) is 0.417. The van der Waals surface area contributed by atoms with Gasteiger partial charge in [0.15, 0.2) is 0 Å². The van der Waals surface area contributed by atoms with Crippen molar-refractivity contribution in [1.82, 2.24) is 5.32 Å². The second-order valence-electron chi connectivity index (χ2n) is 4.23. The summed E-state index contributed by atoms with van der Waals surface area (Å²) in [6, 6.07) is 7.55. The fourth-order valence-corrected chi connectivity index (χ4v) is 2.05. The van der Waals surface area contributed by atoms with Crippen LogP contribution >= 0.6 is 0 Å². The number of carboxylic acids is 1. The first kappa shape index (κ1) is 11.1. The average Bonchev–Trinajstić information content (AvgIpc) is 2.30. The molecule has 2 rings (SSSR count). The zero-order valence-corrected chi connectivity index (χ0v) is 9.02. The first-order valence-corrected chi connectivity index (χ1v) is 5.49. The Labute approximate surface area is 94.5 Å². The maximum Gasteiger partial charge on any atom is 0.335 e. The normalized spacial score (nSPS) is 25.3. The highest BCUT2D eigenvalue weighted by molar-refractivity contribution is 5.87. The van der Waals surface area contributed by atoms with Gasteiger partial charge in [0, 0.05) is 18.6 Å². The van der Waals surface area contributed by atoms with Gasteiger partial charge in [-0.25, -0.2) is 4.79 Å². The van der Waals surface area contributed by atoms with Gasteiger partial charge < -0.3 is 16.2 Å². The summed E-state index contributed by atoms with van der Waals surface area (Å²) in [7, 11) is 0. The standard InChI is InChI=1S/C12H16N2O2/c13-10-4-5-11(14-7-10)8-2-1-3-9(6-8)12(15)16/h1-3,6,10-11,14H,4-5,7,13H2,(H,15,16). The van der Waals surface area contributed by atoms with Gasteiger partial charge >= 0.3 is 5.97 Å². The molecule has 1 heterocycles. The molecule has 0 bridgehead atoms. The Balaban J connectivity index is 2.14. The predicted octanol–water partition coefficient (Wildman–Crippen LogP) is 1.14. The topological polar surface area (TPSA) is 75.4 Å². The van der Waals surface area contributed by atoms with Crippen molar-refractivity contribution in [3.8, 4) is 0 Å². The zero-order chi connectivity index (χ0) is 11.5. The average molecular weight is 220 g/mol. The highest BCUT2D eigenvalue weighted by Gasteiger charge is 2.19. The van der Waals surface area contributed by atoms with Crippen LogP contribution in [0.1, 0.15) is 34.8 Å². The van der Waals surface area contributed by atoms with Crippen molar-refractivity contribution < 1.29 is 9.90 Å². The van der Waals surface area contributed by atoms with E-state index in [4.69, 9.17) is 10.8 Å². The fourth-order valence-electron chi connectivity index (χ4n) is 2.05. The summed E-state index contributed by atoms with van der Waals surface area (Å²) in [5.74, 6) is -0.880. The Hall–Kier alpha value is -1.39. The molecule has 1 fully saturated rings. The summed E-state index contributed by atoms with van der Waals surface area (Å²) in [6.07, 6.45) is 1.94. The van der Waals surface area contributed by atoms with E-state index in [-0.39, 0.29) is 12.1 Å². The van der Waals surface area contributed by atoms with Crippen molar-refractivity contribution in [2.75, 3.05) is 6.54 Å². The third-order valence-electron chi connectivity index (χ3n) is 2.99. The molecule has 2 unspecified atom stereocenters. The Morgan fingerprint density at radius 1 is 1.44 bits per heavy atom. The first-order chi connectivity index (χ1) is 7.66. The SMILES string of the molecule is NC1CCC(c2cccc(C(=O)O)c2)NC1. The first-order valence-electron chi connectivity index (χ1n) is 5.49. The molecule has 0 amide bonds. The molecule has 1 aromatic rings. The molecule has 1 aromatic carbocycles. The number of hydrogen-bond acceptors (Lipinski definition) is 3. The molecule has 0 radical (unpaired) electrons. The molecular weight excluding hydrogens is 204 g/mol. The molecule has 1 saturated heterocycles. The second-order valence-corrected chi connectivity index (χ2v) is 4.23. The number of carbonyl (C=O) groups is 1. The van der Waals surface area contributed by atoms with E-state index in [9.17, 15) is 4.79 Å². The minimum absolute atomic E-state index is 0.221. The Kier molecular flexibility index (Phi) is 3.22. The Morgan fingerprint density at radius 2 is 2.25 bits per heavy atom. The lowest BCUT2D eigenvalue weighted by atomic mass is 9.94. The summed E-state index contributed by atoms with van der Waals surface area (Å²) in [4.78, 5) is 10.8. The van der Waals surface area contributed by atoms with Crippen LogP contribution in [0.3, 0.4) is 0 Å². The molecule has 4 heteroatoms. The Morgan fingerprint density at radius 3 is 2.88 bits per heavy atom. The molecule has 0 aromatic heterocycles. The van der Waals surface area contributed by atoms with Crippen molar-refractivity contribution in [2.24, 2.45) is 5.73 Å². The van der Waals surface area contributed by atoms with Gasteiger partial charge in [-0.3, -0.25) is 0 Å². The van der Waals surface area contributed by atoms with E-state index in [1.54, 1.807) is 18.2 Å². The van der Waals surface area contributed by atoms with E-state index in [0.717, 1.165) is 24.9 Å². The third-order valence-corrected chi connectivity index (χ3v) is 2.99. The number of benzene rings is 1. The quantitative estimate of drug-likeness (QED) is 0.698. The summed E-state index contributed by atoms with van der Waals surface area (Å²) >= 11 is 0. The lowest BCUT2D eigenvalue weighted by molar-refractivity contribution is 0.0696. The summed E-state index contributed by atoms with van der Waals surface area (Å²) in [5.41, 5.74) is 7.17. The van der Waals surface area contributed by atoms with Crippen molar-refractivity contribution in [3.05, 3.63) is 35.4 Å². The lowest BCUT2D eigenvalue weighted by Crippen LogP contribution is -2.41. The smallest absolute Gasteiger partial charge is 0.335 e. The molecule has 4 nitrogen and oxygen atoms in total. The molecule has 4 N–H and O–H groups in total. The molecule has 0 saturated carbocycles. The Bertz CT molecular complexity index is 384. The molecule has 86 valence electrons. The van der Waals surface area contributed by atoms with Crippen LogP contribution in [0.2, 0.25) is 0 Å². The van der Waals surface area contributed by atoms with Crippen LogP contribution in [0.4, 0.5) is 0 Å². The molecule has 0 aliphatic carbocycles. The molecule has 16 heavy (non-hydrogen) atoms. The van der Waals surface area contributed by atoms with Gasteiger partial charge in [-0.15, -0.1) is 0 Å². The van der Waals surface area contributed by atoms with E-state index >= 15 is 0 Å². The van der Waals surface area contributed by atoms with Crippen LogP contribution in [0, 0.1) is 0 Å². The highest BCUT2D eigenvalue weighted by Crippen LogP contribution is 2.23. The van der Waals surface area contributed by atoms with Crippen molar-refractivity contribution in [1.29, 1.82) is 0 Å². The largest absolute Gasteiger partial charge is 0.478 e. The summed E-state index contributed by atoms with van der Waals surface area (Å²) < 4.78 is 0. The van der Waals surface area contributed by atoms with E-state index in [0.29, 0.717) is 5.56 Å². The molecule has 2 atom stereocenters. The second kappa shape index (κ2) is 4.63. The van der Waals surface area contributed by atoms with Crippen LogP contribution in [0.15, 0.2) is 24.3 Å². The van der Waals surface area contributed by atoms with Gasteiger partial charge in [0.2, 0.25) is 0 Å². The van der Waals surface area contributed by atoms with Gasteiger partial charge in [0.1, 0.15) is 0 Å². The van der Waals surface area contributed by atoms with Crippen LogP contribution in [-0.2, 0) is 0 Å². The predicted molar refractivity (Wildman–Crippen MR) is 61.4 cm³/mol. The maximum absolute atomic E-state index is 10.8. The van der Waals surface area contributed by atoms with Crippen LogP contribution < -0.4 is 11.1 Å². The van der Waals surface area contributed by atoms with E-state index < -0.39 is 5.97 Å². The minimum atomic E-state index is -0.880. The number of aromatic carboxylic acids is 1. The summed E-state index contributed by atoms with van der Waals surface area (Å²) in [5, 5.41) is 12.2. The monoisotopic (exact) mass is 220 g/mol. The van der Waals surface area contributed by atoms with E-state index in [1.807, 2.05) is 6.07 Å². The van der Waals surface area contributed by atoms with E-state index in [1.165, 1.54) is 0 Å². The number of carboxylic acid groups (broad SMARTS) is 1. The maximum atomic E-state index is 10.8. The number of piperidine rings is 1. The van der Waals surface area contributed by atoms with Gasteiger partial charge in [0.05, 0.1) is 5.56 Å². The zero-order valence-electron chi connectivity index (χ0n) is 9.02. The van der Waals surface area contributed by atoms with Gasteiger partial charge in [0.25, 0.3) is 0 Å². The molecule has 0 spiro atoms. The number of nitrogens with one attached hydrogen (secondary N) is 1. The molecule has 1 aliphatic heterocycles. The van der Waals surface area contributed by atoms with Gasteiger partial charge in [-0.05, 0) is 30.5 Å². The van der Waals surface area contributed by atoms with Crippen molar-refractivity contribution in [3.63, 3.8) is 0 Å². The van der Waals surface area contributed by atoms with Crippen LogP contribution in [0.5, 0.6) is 0 Å². The van der Waals surface area contributed by atoms with Gasteiger partial charge in [-0.2, -0.15) is 0 Å². The molecular formula is C12H16N2O2. The summed E-state index contributed by atoms with van der Waals surface area (Å²) in [6.45, 7) is 0.794. The van der Waals surface area contributed by atoms with E-state index in [2.05, 4.69) is 5.32 Å². The van der Waals surface area contributed by atoms with Crippen LogP contribution in [-0.4, -0.2) is 23.7 Å². The van der Waals surface area contributed by atoms with Crippen molar-refractivity contribution >= 4 is 5.97 Å².